The van der Waals surface area contributed by atoms with Crippen LogP contribution in [0.25, 0.3) is 0 Å². The van der Waals surface area contributed by atoms with Crippen LogP contribution in [0.2, 0.25) is 0 Å². The summed E-state index contributed by atoms with van der Waals surface area (Å²) in [5.74, 6) is 0.412. The van der Waals surface area contributed by atoms with E-state index in [1.807, 2.05) is 6.92 Å². The van der Waals surface area contributed by atoms with Gasteiger partial charge >= 0.3 is 5.97 Å². The zero-order valence-electron chi connectivity index (χ0n) is 12.1. The van der Waals surface area contributed by atoms with Gasteiger partial charge in [-0.25, -0.2) is 9.80 Å². The molecule has 104 valence electrons. The molecule has 2 aliphatic carbocycles. The summed E-state index contributed by atoms with van der Waals surface area (Å²) in [6.45, 7) is 7.83. The third kappa shape index (κ3) is 1.23. The first-order valence-electron chi connectivity index (χ1n) is 6.72. The third-order valence-corrected chi connectivity index (χ3v) is 5.47. The van der Waals surface area contributed by atoms with E-state index >= 15 is 0 Å². The van der Waals surface area contributed by atoms with Gasteiger partial charge in [-0.05, 0) is 30.6 Å². The van der Waals surface area contributed by atoms with Gasteiger partial charge in [0, 0.05) is 18.6 Å². The Balaban J connectivity index is 2.08. The summed E-state index contributed by atoms with van der Waals surface area (Å²) in [5, 5.41) is 5.73. The van der Waals surface area contributed by atoms with Crippen LogP contribution in [-0.2, 0) is 14.3 Å². The molecule has 5 nitrogen and oxygen atoms in total. The van der Waals surface area contributed by atoms with Crippen molar-refractivity contribution in [3.63, 3.8) is 0 Å². The Morgan fingerprint density at radius 2 is 2.05 bits per heavy atom. The summed E-state index contributed by atoms with van der Waals surface area (Å²) in [6, 6.07) is 0. The number of hydrogen-bond donors (Lipinski definition) is 0. The van der Waals surface area contributed by atoms with Crippen molar-refractivity contribution in [1.29, 1.82) is 0 Å². The number of esters is 1. The van der Waals surface area contributed by atoms with Crippen LogP contribution in [0, 0.1) is 23.2 Å². The third-order valence-electron chi connectivity index (χ3n) is 5.47. The number of carbonyl (C=O) groups excluding carboxylic acids is 2. The van der Waals surface area contributed by atoms with Crippen LogP contribution >= 0.6 is 0 Å². The highest BCUT2D eigenvalue weighted by molar-refractivity contribution is 6.01. The molecule has 0 radical (unpaired) electrons. The van der Waals surface area contributed by atoms with Crippen molar-refractivity contribution in [2.24, 2.45) is 28.3 Å². The monoisotopic (exact) mass is 264 g/mol. The summed E-state index contributed by atoms with van der Waals surface area (Å²) in [7, 11) is 1.38. The van der Waals surface area contributed by atoms with Gasteiger partial charge in [0.2, 0.25) is 5.91 Å². The highest BCUT2D eigenvalue weighted by Gasteiger charge is 2.78. The van der Waals surface area contributed by atoms with Crippen molar-refractivity contribution >= 4 is 17.6 Å². The van der Waals surface area contributed by atoms with E-state index in [1.54, 1.807) is 0 Å². The number of nitrogens with zero attached hydrogens (tertiary/aromatic N) is 2. The van der Waals surface area contributed by atoms with Crippen LogP contribution in [0.4, 0.5) is 0 Å². The smallest absolute Gasteiger partial charge is 0.334 e. The number of fused-ring (bicyclic) bond motifs is 3. The molecule has 1 aliphatic heterocycles. The lowest BCUT2D eigenvalue weighted by Gasteiger charge is -2.36. The molecule has 0 unspecified atom stereocenters. The number of methoxy groups -OCH3 is 1. The van der Waals surface area contributed by atoms with Gasteiger partial charge in [0.25, 0.3) is 0 Å². The van der Waals surface area contributed by atoms with Gasteiger partial charge in [0.05, 0.1) is 7.11 Å². The second-order valence-corrected chi connectivity index (χ2v) is 6.62. The number of hydrazone groups is 1. The molecule has 3 rings (SSSR count). The predicted octanol–water partition coefficient (Wildman–Crippen LogP) is 1.43. The molecule has 0 aromatic rings. The molecule has 0 spiro atoms. The minimum Gasteiger partial charge on any atom is -0.467 e. The van der Waals surface area contributed by atoms with Crippen LogP contribution in [-0.4, -0.2) is 35.2 Å². The first kappa shape index (κ1) is 12.6. The lowest BCUT2D eigenvalue weighted by atomic mass is 9.76. The number of carbonyl (C=O) groups is 2. The summed E-state index contributed by atoms with van der Waals surface area (Å²) in [4.78, 5) is 24.2. The van der Waals surface area contributed by atoms with Crippen LogP contribution in [0.1, 0.15) is 34.1 Å². The molecule has 1 heterocycles. The Morgan fingerprint density at radius 3 is 2.58 bits per heavy atom. The average Bonchev–Trinajstić information content (AvgIpc) is 2.70. The Labute approximate surface area is 113 Å². The topological polar surface area (TPSA) is 59.0 Å². The Bertz CT molecular complexity index is 511. The van der Waals surface area contributed by atoms with Gasteiger partial charge in [-0.3, -0.25) is 4.79 Å². The van der Waals surface area contributed by atoms with Gasteiger partial charge in [-0.2, -0.15) is 5.10 Å². The summed E-state index contributed by atoms with van der Waals surface area (Å²) >= 11 is 0. The molecule has 1 amide bonds. The number of rotatable bonds is 1. The average molecular weight is 264 g/mol. The number of hydrogen-bond acceptors (Lipinski definition) is 4. The molecule has 4 atom stereocenters. The number of amides is 1. The van der Waals surface area contributed by atoms with Gasteiger partial charge in [0.15, 0.2) is 5.54 Å². The first-order chi connectivity index (χ1) is 8.78. The second-order valence-electron chi connectivity index (χ2n) is 6.62. The van der Waals surface area contributed by atoms with E-state index in [0.29, 0.717) is 18.3 Å². The van der Waals surface area contributed by atoms with E-state index in [2.05, 4.69) is 18.9 Å². The normalized spacial score (nSPS) is 41.4. The van der Waals surface area contributed by atoms with E-state index in [1.165, 1.54) is 19.0 Å². The van der Waals surface area contributed by atoms with Crippen LogP contribution < -0.4 is 0 Å². The molecular weight excluding hydrogens is 244 g/mol. The fourth-order valence-electron chi connectivity index (χ4n) is 4.56. The maximum atomic E-state index is 12.4. The molecule has 0 bridgehead atoms. The van der Waals surface area contributed by atoms with Crippen molar-refractivity contribution in [3.05, 3.63) is 0 Å². The van der Waals surface area contributed by atoms with E-state index in [-0.39, 0.29) is 23.2 Å². The van der Waals surface area contributed by atoms with E-state index < -0.39 is 5.54 Å². The summed E-state index contributed by atoms with van der Waals surface area (Å²) in [5.41, 5.74) is 0.250. The molecule has 0 aromatic heterocycles. The molecule has 2 saturated carbocycles. The zero-order chi connectivity index (χ0) is 14.2. The molecule has 2 fully saturated rings. The fraction of sp³-hybridized carbons (Fsp3) is 0.786. The molecule has 19 heavy (non-hydrogen) atoms. The molecule has 0 aromatic carbocycles. The lowest BCUT2D eigenvalue weighted by molar-refractivity contribution is -0.162. The maximum Gasteiger partial charge on any atom is 0.334 e. The highest BCUT2D eigenvalue weighted by atomic mass is 16.5. The largest absolute Gasteiger partial charge is 0.467 e. The van der Waals surface area contributed by atoms with Gasteiger partial charge < -0.3 is 4.74 Å². The van der Waals surface area contributed by atoms with E-state index in [9.17, 15) is 9.59 Å². The maximum absolute atomic E-state index is 12.4. The van der Waals surface area contributed by atoms with E-state index in [0.717, 1.165) is 5.71 Å². The van der Waals surface area contributed by atoms with Crippen molar-refractivity contribution in [1.82, 2.24) is 5.01 Å². The van der Waals surface area contributed by atoms with E-state index in [4.69, 9.17) is 4.74 Å². The summed E-state index contributed by atoms with van der Waals surface area (Å²) < 4.78 is 5.00. The minimum atomic E-state index is -0.879. The first-order valence-corrected chi connectivity index (χ1v) is 6.72. The highest BCUT2D eigenvalue weighted by Crippen LogP contribution is 2.74. The SMILES string of the molecule is COC(=O)[C@]12C[C@@H]3[C@H]([C@H]1C(C)=NN2C(C)=O)C3(C)C. The van der Waals surface area contributed by atoms with Crippen LogP contribution in [0.15, 0.2) is 5.10 Å². The van der Waals surface area contributed by atoms with Crippen molar-refractivity contribution in [3.8, 4) is 0 Å². The van der Waals surface area contributed by atoms with Gasteiger partial charge in [0.1, 0.15) is 0 Å². The van der Waals surface area contributed by atoms with Gasteiger partial charge in [-0.1, -0.05) is 13.8 Å². The zero-order valence-corrected chi connectivity index (χ0v) is 12.1. The Kier molecular flexibility index (Phi) is 2.25. The fourth-order valence-corrected chi connectivity index (χ4v) is 4.56. The molecule has 3 aliphatic rings. The standard InChI is InChI=1S/C14H20N2O3/c1-7-10-11-9(13(11,3)4)6-14(10,12(18)19-5)16(15-7)8(2)17/h9-11H,6H2,1-5H3/t9-,10-,11-,14+/m1/s1. The second kappa shape index (κ2) is 3.38. The molecule has 0 saturated heterocycles. The van der Waals surface area contributed by atoms with Gasteiger partial charge in [-0.15, -0.1) is 0 Å². The van der Waals surface area contributed by atoms with Crippen molar-refractivity contribution in [2.75, 3.05) is 7.11 Å². The minimum absolute atomic E-state index is 0.0175. The lowest BCUT2D eigenvalue weighted by Crippen LogP contribution is -2.56. The number of ether oxygens (including phenoxy) is 1. The van der Waals surface area contributed by atoms with Crippen molar-refractivity contribution in [2.45, 2.75) is 39.7 Å². The Hall–Kier alpha value is -1.39. The molecule has 5 heteroatoms. The Morgan fingerprint density at radius 1 is 1.42 bits per heavy atom. The summed E-state index contributed by atoms with van der Waals surface area (Å²) in [6.07, 6.45) is 0.669. The molecule has 0 N–H and O–H groups in total. The predicted molar refractivity (Wildman–Crippen MR) is 69.2 cm³/mol. The van der Waals surface area contributed by atoms with Crippen molar-refractivity contribution < 1.29 is 14.3 Å². The van der Waals surface area contributed by atoms with Crippen LogP contribution in [0.3, 0.4) is 0 Å². The molecular formula is C14H20N2O3. The van der Waals surface area contributed by atoms with Crippen LogP contribution in [0.5, 0.6) is 0 Å². The quantitative estimate of drug-likeness (QED) is 0.673.